The highest BCUT2D eigenvalue weighted by Gasteiger charge is 2.16. The van der Waals surface area contributed by atoms with Crippen LogP contribution in [0.4, 0.5) is 5.13 Å². The molecular weight excluding hydrogens is 428 g/mol. The van der Waals surface area contributed by atoms with E-state index in [9.17, 15) is 9.59 Å². The Kier molecular flexibility index (Phi) is 7.17. The summed E-state index contributed by atoms with van der Waals surface area (Å²) >= 11 is 4.75. The summed E-state index contributed by atoms with van der Waals surface area (Å²) in [5, 5.41) is 3.21. The number of rotatable bonds is 7. The van der Waals surface area contributed by atoms with Gasteiger partial charge in [0.05, 0.1) is 21.7 Å². The van der Waals surface area contributed by atoms with Crippen LogP contribution >= 0.6 is 27.3 Å². The first-order chi connectivity index (χ1) is 12.6. The lowest BCUT2D eigenvalue weighted by Crippen LogP contribution is -2.13. The van der Waals surface area contributed by atoms with Crippen molar-refractivity contribution in [1.29, 1.82) is 0 Å². The molecule has 2 rings (SSSR count). The number of Topliss-reactive ketones (excluding diaryl/α,β-unsaturated/α-hetero) is 1. The normalized spacial score (nSPS) is 11.3. The molecule has 0 aliphatic carbocycles. The maximum Gasteiger partial charge on any atom is 0.226 e. The summed E-state index contributed by atoms with van der Waals surface area (Å²) in [5.41, 5.74) is 1.95. The molecular formula is C20H25BrN2O3S. The summed E-state index contributed by atoms with van der Waals surface area (Å²) in [6.45, 7) is 10.2. The van der Waals surface area contributed by atoms with E-state index < -0.39 is 0 Å². The van der Waals surface area contributed by atoms with Crippen LogP contribution in [0.1, 0.15) is 61.5 Å². The van der Waals surface area contributed by atoms with E-state index in [4.69, 9.17) is 4.74 Å². The molecule has 5 nitrogen and oxygen atoms in total. The number of nitrogens with one attached hydrogen (secondary N) is 1. The minimum absolute atomic E-state index is 0.0399. The molecule has 0 unspecified atom stereocenters. The number of hydrogen-bond donors (Lipinski definition) is 1. The predicted molar refractivity (Wildman–Crippen MR) is 113 cm³/mol. The van der Waals surface area contributed by atoms with Crippen LogP contribution < -0.4 is 10.1 Å². The van der Waals surface area contributed by atoms with Gasteiger partial charge in [0.15, 0.2) is 10.9 Å². The molecule has 0 saturated carbocycles. The summed E-state index contributed by atoms with van der Waals surface area (Å²) in [7, 11) is 0. The Morgan fingerprint density at radius 1 is 1.30 bits per heavy atom. The average molecular weight is 453 g/mol. The number of aryl methyl sites for hydroxylation is 1. The van der Waals surface area contributed by atoms with Crippen molar-refractivity contribution in [2.75, 3.05) is 11.9 Å². The first-order valence-corrected chi connectivity index (χ1v) is 10.4. The standard InChI is InChI=1S/C20H25BrN2O3S/c1-12-18(13(2)24)27-19(22-12)23-17(25)7-6-10-26-16-9-8-14(11-15(16)21)20(3,4)5/h8-9,11H,6-7,10H2,1-5H3,(H,22,23,25). The summed E-state index contributed by atoms with van der Waals surface area (Å²) in [5.74, 6) is 0.594. The van der Waals surface area contributed by atoms with E-state index in [1.807, 2.05) is 6.07 Å². The second kappa shape index (κ2) is 8.97. The first kappa shape index (κ1) is 21.6. The molecule has 27 heavy (non-hydrogen) atoms. The highest BCUT2D eigenvalue weighted by atomic mass is 79.9. The van der Waals surface area contributed by atoms with Crippen LogP contribution in [0.2, 0.25) is 0 Å². The molecule has 0 radical (unpaired) electrons. The largest absolute Gasteiger partial charge is 0.492 e. The lowest BCUT2D eigenvalue weighted by Gasteiger charge is -2.20. The molecule has 0 saturated heterocycles. The fourth-order valence-corrected chi connectivity index (χ4v) is 3.83. The van der Waals surface area contributed by atoms with Gasteiger partial charge in [0.25, 0.3) is 0 Å². The van der Waals surface area contributed by atoms with E-state index >= 15 is 0 Å². The molecule has 7 heteroatoms. The SMILES string of the molecule is CC(=O)c1sc(NC(=O)CCCOc2ccc(C(C)(C)C)cc2Br)nc1C. The predicted octanol–water partition coefficient (Wildman–Crippen LogP) is 5.51. The number of ether oxygens (including phenoxy) is 1. The highest BCUT2D eigenvalue weighted by Crippen LogP contribution is 2.31. The number of anilines is 1. The van der Waals surface area contributed by atoms with Gasteiger partial charge >= 0.3 is 0 Å². The van der Waals surface area contributed by atoms with Gasteiger partial charge in [-0.15, -0.1) is 0 Å². The number of halogens is 1. The minimum atomic E-state index is -0.135. The molecule has 1 aromatic heterocycles. The lowest BCUT2D eigenvalue weighted by molar-refractivity contribution is -0.116. The van der Waals surface area contributed by atoms with Gasteiger partial charge in [0, 0.05) is 13.3 Å². The van der Waals surface area contributed by atoms with Crippen LogP contribution in [0.25, 0.3) is 0 Å². The molecule has 0 aliphatic rings. The van der Waals surface area contributed by atoms with Crippen LogP contribution in [0.15, 0.2) is 22.7 Å². The van der Waals surface area contributed by atoms with E-state index in [1.165, 1.54) is 23.8 Å². The number of amides is 1. The Labute approximate surface area is 172 Å². The van der Waals surface area contributed by atoms with Gasteiger partial charge in [-0.1, -0.05) is 38.2 Å². The highest BCUT2D eigenvalue weighted by molar-refractivity contribution is 9.10. The van der Waals surface area contributed by atoms with E-state index in [0.717, 1.165) is 10.2 Å². The van der Waals surface area contributed by atoms with Crippen LogP contribution in [-0.2, 0) is 10.2 Å². The average Bonchev–Trinajstić information content (AvgIpc) is 2.92. The number of carbonyl (C=O) groups excluding carboxylic acids is 2. The second-order valence-corrected chi connectivity index (χ2v) is 9.24. The van der Waals surface area contributed by atoms with Gasteiger partial charge in [-0.05, 0) is 52.4 Å². The van der Waals surface area contributed by atoms with Crippen molar-refractivity contribution < 1.29 is 14.3 Å². The Balaban J connectivity index is 1.80. The zero-order valence-electron chi connectivity index (χ0n) is 16.3. The molecule has 1 amide bonds. The van der Waals surface area contributed by atoms with Crippen LogP contribution in [0, 0.1) is 6.92 Å². The van der Waals surface area contributed by atoms with E-state index in [2.05, 4.69) is 59.1 Å². The number of benzene rings is 1. The molecule has 0 aliphatic heterocycles. The topological polar surface area (TPSA) is 68.3 Å². The van der Waals surface area contributed by atoms with Crippen molar-refractivity contribution in [3.8, 4) is 5.75 Å². The zero-order chi connectivity index (χ0) is 20.2. The van der Waals surface area contributed by atoms with Gasteiger partial charge in [0.1, 0.15) is 5.75 Å². The van der Waals surface area contributed by atoms with Crippen molar-refractivity contribution in [3.63, 3.8) is 0 Å². The van der Waals surface area contributed by atoms with Crippen molar-refractivity contribution in [1.82, 2.24) is 4.98 Å². The van der Waals surface area contributed by atoms with Gasteiger partial charge in [-0.2, -0.15) is 0 Å². The maximum atomic E-state index is 12.0. The Morgan fingerprint density at radius 3 is 2.56 bits per heavy atom. The fourth-order valence-electron chi connectivity index (χ4n) is 2.46. The lowest BCUT2D eigenvalue weighted by atomic mass is 9.87. The number of ketones is 1. The van der Waals surface area contributed by atoms with E-state index in [1.54, 1.807) is 6.92 Å². The molecule has 0 bridgehead atoms. The van der Waals surface area contributed by atoms with Crippen molar-refractivity contribution >= 4 is 44.1 Å². The number of hydrogen-bond acceptors (Lipinski definition) is 5. The van der Waals surface area contributed by atoms with Crippen molar-refractivity contribution in [3.05, 3.63) is 38.8 Å². The number of carbonyl (C=O) groups is 2. The van der Waals surface area contributed by atoms with Crippen molar-refractivity contribution in [2.24, 2.45) is 0 Å². The Bertz CT molecular complexity index is 840. The number of nitrogens with zero attached hydrogens (tertiary/aromatic N) is 1. The first-order valence-electron chi connectivity index (χ1n) is 8.79. The van der Waals surface area contributed by atoms with Crippen LogP contribution in [0.5, 0.6) is 5.75 Å². The van der Waals surface area contributed by atoms with Crippen LogP contribution in [0.3, 0.4) is 0 Å². The third kappa shape index (κ3) is 6.14. The van der Waals surface area contributed by atoms with Crippen molar-refractivity contribution in [2.45, 2.75) is 52.9 Å². The molecule has 0 atom stereocenters. The molecule has 0 fully saturated rings. The molecule has 1 heterocycles. The molecule has 2 aromatic rings. The molecule has 1 aromatic carbocycles. The smallest absolute Gasteiger partial charge is 0.226 e. The third-order valence-corrected chi connectivity index (χ3v) is 5.76. The summed E-state index contributed by atoms with van der Waals surface area (Å²) in [6.07, 6.45) is 0.912. The Morgan fingerprint density at radius 2 is 2.00 bits per heavy atom. The van der Waals surface area contributed by atoms with Gasteiger partial charge in [-0.3, -0.25) is 9.59 Å². The quantitative estimate of drug-likeness (QED) is 0.443. The van der Waals surface area contributed by atoms with Gasteiger partial charge < -0.3 is 10.1 Å². The Hall–Kier alpha value is -1.73. The summed E-state index contributed by atoms with van der Waals surface area (Å²) in [4.78, 5) is 28.3. The third-order valence-electron chi connectivity index (χ3n) is 3.97. The van der Waals surface area contributed by atoms with Gasteiger partial charge in [-0.25, -0.2) is 4.98 Å². The van der Waals surface area contributed by atoms with Crippen LogP contribution in [-0.4, -0.2) is 23.3 Å². The maximum absolute atomic E-state index is 12.0. The number of aromatic nitrogens is 1. The summed E-state index contributed by atoms with van der Waals surface area (Å²) < 4.78 is 6.69. The molecule has 0 spiro atoms. The molecule has 1 N–H and O–H groups in total. The summed E-state index contributed by atoms with van der Waals surface area (Å²) in [6, 6.07) is 6.08. The van der Waals surface area contributed by atoms with E-state index in [-0.39, 0.29) is 17.1 Å². The number of thiazole rings is 1. The second-order valence-electron chi connectivity index (χ2n) is 7.39. The molecule has 146 valence electrons. The van der Waals surface area contributed by atoms with Gasteiger partial charge in [0.2, 0.25) is 5.91 Å². The minimum Gasteiger partial charge on any atom is -0.492 e. The monoisotopic (exact) mass is 452 g/mol. The fraction of sp³-hybridized carbons (Fsp3) is 0.450. The zero-order valence-corrected chi connectivity index (χ0v) is 18.7. The van der Waals surface area contributed by atoms with E-state index in [0.29, 0.717) is 35.2 Å².